The van der Waals surface area contributed by atoms with Gasteiger partial charge in [-0.1, -0.05) is 42.5 Å². The molecule has 0 aromatic heterocycles. The minimum absolute atomic E-state index is 0.591. The first kappa shape index (κ1) is 8.77. The summed E-state index contributed by atoms with van der Waals surface area (Å²) in [6.45, 7) is 0. The van der Waals surface area contributed by atoms with Crippen LogP contribution in [0.2, 0.25) is 0 Å². The van der Waals surface area contributed by atoms with Gasteiger partial charge in [-0.2, -0.15) is 5.26 Å². The Morgan fingerprint density at radius 2 is 1.79 bits per heavy atom. The van der Waals surface area contributed by atoms with Crippen molar-refractivity contribution in [3.05, 3.63) is 48.0 Å². The SMILES string of the molecule is N#CCCc1cccc2ccccc12. The molecule has 0 atom stereocenters. The molecular weight excluding hydrogens is 170 g/mol. The molecule has 0 heterocycles. The van der Waals surface area contributed by atoms with Crippen molar-refractivity contribution < 1.29 is 0 Å². The third kappa shape index (κ3) is 1.60. The third-order valence-electron chi connectivity index (χ3n) is 2.39. The molecule has 2 aromatic carbocycles. The van der Waals surface area contributed by atoms with Gasteiger partial charge in [-0.3, -0.25) is 0 Å². The first-order valence-corrected chi connectivity index (χ1v) is 4.75. The maximum absolute atomic E-state index is 8.55. The predicted molar refractivity (Wildman–Crippen MR) is 57.9 cm³/mol. The number of nitrogens with zero attached hydrogens (tertiary/aromatic N) is 1. The summed E-state index contributed by atoms with van der Waals surface area (Å²) in [4.78, 5) is 0. The summed E-state index contributed by atoms with van der Waals surface area (Å²) < 4.78 is 0. The van der Waals surface area contributed by atoms with Crippen molar-refractivity contribution in [3.8, 4) is 6.07 Å². The van der Waals surface area contributed by atoms with E-state index in [9.17, 15) is 0 Å². The van der Waals surface area contributed by atoms with Crippen molar-refractivity contribution in [2.45, 2.75) is 12.8 Å². The Morgan fingerprint density at radius 1 is 1.00 bits per heavy atom. The number of hydrogen-bond donors (Lipinski definition) is 0. The molecule has 2 aromatic rings. The summed E-state index contributed by atoms with van der Waals surface area (Å²) in [5, 5.41) is 11.1. The number of hydrogen-bond acceptors (Lipinski definition) is 1. The van der Waals surface area contributed by atoms with Crippen LogP contribution in [0.3, 0.4) is 0 Å². The zero-order valence-corrected chi connectivity index (χ0v) is 7.90. The van der Waals surface area contributed by atoms with Crippen molar-refractivity contribution in [2.24, 2.45) is 0 Å². The lowest BCUT2D eigenvalue weighted by Crippen LogP contribution is -1.85. The van der Waals surface area contributed by atoms with Gasteiger partial charge in [-0.15, -0.1) is 0 Å². The van der Waals surface area contributed by atoms with Crippen LogP contribution in [0.15, 0.2) is 42.5 Å². The molecule has 0 bridgehead atoms. The normalized spacial score (nSPS) is 9.93. The first-order valence-electron chi connectivity index (χ1n) is 4.75. The zero-order valence-electron chi connectivity index (χ0n) is 7.90. The summed E-state index contributed by atoms with van der Waals surface area (Å²) in [6.07, 6.45) is 1.44. The molecular formula is C13H11N. The average molecular weight is 181 g/mol. The number of fused-ring (bicyclic) bond motifs is 1. The highest BCUT2D eigenvalue weighted by molar-refractivity contribution is 5.85. The lowest BCUT2D eigenvalue weighted by Gasteiger charge is -2.03. The van der Waals surface area contributed by atoms with E-state index >= 15 is 0 Å². The molecule has 0 radical (unpaired) electrons. The smallest absolute Gasteiger partial charge is 0.0625 e. The molecule has 0 spiro atoms. The lowest BCUT2D eigenvalue weighted by molar-refractivity contribution is 1.02. The Hall–Kier alpha value is -1.81. The number of nitriles is 1. The van der Waals surface area contributed by atoms with Gasteiger partial charge in [-0.05, 0) is 22.8 Å². The molecule has 2 rings (SSSR count). The van der Waals surface area contributed by atoms with E-state index in [4.69, 9.17) is 5.26 Å². The lowest BCUT2D eigenvalue weighted by atomic mass is 10.0. The van der Waals surface area contributed by atoms with E-state index in [2.05, 4.69) is 36.4 Å². The molecule has 1 heteroatoms. The molecule has 0 saturated carbocycles. The predicted octanol–water partition coefficient (Wildman–Crippen LogP) is 3.30. The molecule has 0 N–H and O–H groups in total. The van der Waals surface area contributed by atoms with Crippen LogP contribution in [0, 0.1) is 11.3 Å². The van der Waals surface area contributed by atoms with E-state index in [1.165, 1.54) is 16.3 Å². The van der Waals surface area contributed by atoms with Gasteiger partial charge in [0.1, 0.15) is 0 Å². The van der Waals surface area contributed by atoms with Crippen molar-refractivity contribution in [2.75, 3.05) is 0 Å². The van der Waals surface area contributed by atoms with Crippen LogP contribution >= 0.6 is 0 Å². The highest BCUT2D eigenvalue weighted by Gasteiger charge is 1.98. The Labute approximate surface area is 83.6 Å². The van der Waals surface area contributed by atoms with Crippen molar-refractivity contribution in [1.82, 2.24) is 0 Å². The second-order valence-electron chi connectivity index (χ2n) is 3.30. The number of benzene rings is 2. The van der Waals surface area contributed by atoms with E-state index in [1.807, 2.05) is 12.1 Å². The van der Waals surface area contributed by atoms with Gasteiger partial charge in [0.2, 0.25) is 0 Å². The van der Waals surface area contributed by atoms with Crippen LogP contribution in [-0.4, -0.2) is 0 Å². The minimum Gasteiger partial charge on any atom is -0.198 e. The van der Waals surface area contributed by atoms with Gasteiger partial charge in [0, 0.05) is 6.42 Å². The first-order chi connectivity index (χ1) is 6.92. The van der Waals surface area contributed by atoms with Gasteiger partial charge in [0.05, 0.1) is 6.07 Å². The average Bonchev–Trinajstić information content (AvgIpc) is 2.26. The van der Waals surface area contributed by atoms with Crippen molar-refractivity contribution >= 4 is 10.8 Å². The minimum atomic E-state index is 0.591. The molecule has 0 aliphatic carbocycles. The van der Waals surface area contributed by atoms with E-state index in [-0.39, 0.29) is 0 Å². The molecule has 0 amide bonds. The monoisotopic (exact) mass is 181 g/mol. The fraction of sp³-hybridized carbons (Fsp3) is 0.154. The molecule has 1 nitrogen and oxygen atoms in total. The second-order valence-corrected chi connectivity index (χ2v) is 3.30. The van der Waals surface area contributed by atoms with E-state index in [0.29, 0.717) is 6.42 Å². The topological polar surface area (TPSA) is 23.8 Å². The van der Waals surface area contributed by atoms with Crippen LogP contribution in [-0.2, 0) is 6.42 Å². The molecule has 14 heavy (non-hydrogen) atoms. The molecule has 0 aliphatic rings. The number of aryl methyl sites for hydroxylation is 1. The third-order valence-corrected chi connectivity index (χ3v) is 2.39. The molecule has 0 unspecified atom stereocenters. The van der Waals surface area contributed by atoms with Crippen LogP contribution in [0.1, 0.15) is 12.0 Å². The van der Waals surface area contributed by atoms with E-state index in [1.54, 1.807) is 0 Å². The van der Waals surface area contributed by atoms with E-state index in [0.717, 1.165) is 6.42 Å². The van der Waals surface area contributed by atoms with Gasteiger partial charge in [-0.25, -0.2) is 0 Å². The summed E-state index contributed by atoms with van der Waals surface area (Å²) in [6, 6.07) is 16.7. The van der Waals surface area contributed by atoms with Crippen LogP contribution < -0.4 is 0 Å². The highest BCUT2D eigenvalue weighted by atomic mass is 14.2. The fourth-order valence-electron chi connectivity index (χ4n) is 1.70. The zero-order chi connectivity index (χ0) is 9.80. The van der Waals surface area contributed by atoms with Crippen LogP contribution in [0.4, 0.5) is 0 Å². The summed E-state index contributed by atoms with van der Waals surface area (Å²) in [7, 11) is 0. The quantitative estimate of drug-likeness (QED) is 0.697. The summed E-state index contributed by atoms with van der Waals surface area (Å²) in [5.74, 6) is 0. The largest absolute Gasteiger partial charge is 0.198 e. The Kier molecular flexibility index (Phi) is 2.46. The van der Waals surface area contributed by atoms with Gasteiger partial charge >= 0.3 is 0 Å². The number of rotatable bonds is 2. The highest BCUT2D eigenvalue weighted by Crippen LogP contribution is 2.19. The van der Waals surface area contributed by atoms with Gasteiger partial charge in [0.25, 0.3) is 0 Å². The van der Waals surface area contributed by atoms with Crippen molar-refractivity contribution in [3.63, 3.8) is 0 Å². The van der Waals surface area contributed by atoms with E-state index < -0.39 is 0 Å². The molecule has 0 aliphatic heterocycles. The summed E-state index contributed by atoms with van der Waals surface area (Å²) >= 11 is 0. The Bertz CT molecular complexity index is 475. The second kappa shape index (κ2) is 3.93. The van der Waals surface area contributed by atoms with Crippen LogP contribution in [0.5, 0.6) is 0 Å². The van der Waals surface area contributed by atoms with Crippen LogP contribution in [0.25, 0.3) is 10.8 Å². The Morgan fingerprint density at radius 3 is 2.64 bits per heavy atom. The summed E-state index contributed by atoms with van der Waals surface area (Å²) in [5.41, 5.74) is 1.27. The van der Waals surface area contributed by atoms with Crippen molar-refractivity contribution in [1.29, 1.82) is 5.26 Å². The Balaban J connectivity index is 2.49. The molecule has 68 valence electrons. The van der Waals surface area contributed by atoms with Gasteiger partial charge < -0.3 is 0 Å². The maximum Gasteiger partial charge on any atom is 0.0625 e. The maximum atomic E-state index is 8.55. The van der Waals surface area contributed by atoms with Gasteiger partial charge in [0.15, 0.2) is 0 Å². The standard InChI is InChI=1S/C13H11N/c14-10-4-8-12-7-3-6-11-5-1-2-9-13(11)12/h1-3,5-7,9H,4,8H2. The fourth-order valence-corrected chi connectivity index (χ4v) is 1.70. The molecule has 0 fully saturated rings. The molecule has 0 saturated heterocycles.